The number of carbonyl (C=O) groups is 8. The van der Waals surface area contributed by atoms with Crippen molar-refractivity contribution in [1.82, 2.24) is 61.8 Å². The Morgan fingerprint density at radius 2 is 1.51 bits per heavy atom. The number of nitrogens with two attached hydrogens (primary N) is 7. The monoisotopic (exact) mass is 1440 g/mol. The molecule has 2 aliphatic heterocycles. The quantitative estimate of drug-likeness (QED) is 0.0114. The molecule has 7 rings (SSSR count). The fourth-order valence-electron chi connectivity index (χ4n) is 10.3. The van der Waals surface area contributed by atoms with Crippen molar-refractivity contribution in [3.63, 3.8) is 0 Å². The van der Waals surface area contributed by atoms with Gasteiger partial charge in [0, 0.05) is 55.3 Å². The summed E-state index contributed by atoms with van der Waals surface area (Å²) in [7, 11) is 0. The van der Waals surface area contributed by atoms with Gasteiger partial charge < -0.3 is 142 Å². The molecule has 2 saturated heterocycles. The molecule has 29 N–H and O–H groups in total. The molecule has 1 saturated carbocycles. The summed E-state index contributed by atoms with van der Waals surface area (Å²) in [6.07, 6.45) is -22.1. The van der Waals surface area contributed by atoms with Crippen LogP contribution < -0.4 is 72.0 Å². The largest absolute Gasteiger partial charge is 0.441 e. The summed E-state index contributed by atoms with van der Waals surface area (Å²) >= 11 is 2.48. The number of ether oxygens (including phenoxy) is 5. The molecular weight excluding hydrogens is 1350 g/mol. The second kappa shape index (κ2) is 35.1. The van der Waals surface area contributed by atoms with Crippen molar-refractivity contribution in [2.45, 2.75) is 169 Å². The Morgan fingerprint density at radius 1 is 0.808 bits per heavy atom. The number of rotatable bonds is 36. The topological polar surface area (TPSA) is 691 Å². The van der Waals surface area contributed by atoms with Crippen molar-refractivity contribution in [3.05, 3.63) is 56.8 Å². The average molecular weight is 1440 g/mol. The lowest BCUT2D eigenvalue weighted by molar-refractivity contribution is -0.372. The predicted octanol–water partition coefficient (Wildman–Crippen LogP) is -8.77. The third-order valence-electron chi connectivity index (χ3n) is 16.2. The van der Waals surface area contributed by atoms with E-state index in [1.165, 1.54) is 43.4 Å². The van der Waals surface area contributed by atoms with Crippen LogP contribution in [0, 0.1) is 12.8 Å². The summed E-state index contributed by atoms with van der Waals surface area (Å²) < 4.78 is 28.8. The van der Waals surface area contributed by atoms with E-state index in [9.17, 15) is 74.4 Å². The number of H-pyrrole nitrogens is 1. The second-order valence-corrected chi connectivity index (χ2v) is 25.4. The van der Waals surface area contributed by atoms with E-state index >= 15 is 4.79 Å². The van der Waals surface area contributed by atoms with Crippen LogP contribution in [0.4, 0.5) is 10.6 Å². The number of aromatic nitrogens is 6. The van der Waals surface area contributed by atoms with Gasteiger partial charge in [-0.25, -0.2) is 29.7 Å². The lowest BCUT2D eigenvalue weighted by Gasteiger charge is -2.47. The highest BCUT2D eigenvalue weighted by molar-refractivity contribution is 7.14. The lowest BCUT2D eigenvalue weighted by Crippen LogP contribution is -2.65. The van der Waals surface area contributed by atoms with Gasteiger partial charge in [0.2, 0.25) is 29.5 Å². The first-order chi connectivity index (χ1) is 46.9. The highest BCUT2D eigenvalue weighted by Crippen LogP contribution is 2.39. The minimum atomic E-state index is -2.20. The summed E-state index contributed by atoms with van der Waals surface area (Å²) in [4.78, 5) is 135. The number of carbonyl (C=O) groups excluding carboxylic acids is 8. The van der Waals surface area contributed by atoms with E-state index in [2.05, 4.69) is 66.8 Å². The third kappa shape index (κ3) is 20.4. The number of guanidine groups is 1. The first-order valence-electron chi connectivity index (χ1n) is 30.9. The maximum absolute atomic E-state index is 15.2. The van der Waals surface area contributed by atoms with E-state index in [0.717, 1.165) is 12.5 Å². The molecular formula is C56H84N20O21S2. The van der Waals surface area contributed by atoms with Gasteiger partial charge in [-0.05, 0) is 39.5 Å². The molecule has 546 valence electrons. The fraction of sp³-hybridized carbons (Fsp3) is 0.607. The van der Waals surface area contributed by atoms with Gasteiger partial charge in [0.05, 0.1) is 72.2 Å². The van der Waals surface area contributed by atoms with Crippen molar-refractivity contribution in [1.29, 1.82) is 0 Å². The number of nitrogens with zero attached hydrogens (tertiary/aromatic N) is 6. The Balaban J connectivity index is 1.12. The highest BCUT2D eigenvalue weighted by atomic mass is 32.1. The summed E-state index contributed by atoms with van der Waals surface area (Å²) in [5, 5.41) is 109. The first-order valence-corrected chi connectivity index (χ1v) is 32.7. The van der Waals surface area contributed by atoms with Gasteiger partial charge in [-0.2, -0.15) is 0 Å². The van der Waals surface area contributed by atoms with Gasteiger partial charge in [-0.15, -0.1) is 22.7 Å². The number of aromatic amines is 1. The molecule has 0 radical (unpaired) electrons. The molecule has 3 fully saturated rings. The Morgan fingerprint density at radius 3 is 2.14 bits per heavy atom. The Hall–Kier alpha value is -8.38. The van der Waals surface area contributed by atoms with E-state index in [1.54, 1.807) is 10.8 Å². The predicted molar refractivity (Wildman–Crippen MR) is 342 cm³/mol. The van der Waals surface area contributed by atoms with Crippen LogP contribution >= 0.6 is 22.7 Å². The Labute approximate surface area is 571 Å². The van der Waals surface area contributed by atoms with E-state index in [4.69, 9.17) is 63.8 Å². The summed E-state index contributed by atoms with van der Waals surface area (Å²) in [5.74, 6) is -8.73. The molecule has 8 amide bonds. The molecule has 18 atom stereocenters. The lowest BCUT2D eigenvalue weighted by atomic mass is 9.96. The summed E-state index contributed by atoms with van der Waals surface area (Å²) in [6, 6.07) is -7.82. The number of aliphatic hydroxyl groups is 8. The summed E-state index contributed by atoms with van der Waals surface area (Å²) in [6.45, 7) is 2.23. The van der Waals surface area contributed by atoms with Crippen LogP contribution in [0.3, 0.4) is 0 Å². The van der Waals surface area contributed by atoms with Gasteiger partial charge in [0.1, 0.15) is 94.6 Å². The molecule has 3 aliphatic rings. The summed E-state index contributed by atoms with van der Waals surface area (Å²) in [5.41, 5.74) is 37.0. The van der Waals surface area contributed by atoms with Crippen LogP contribution in [0.15, 0.2) is 28.3 Å². The van der Waals surface area contributed by atoms with Crippen LogP contribution in [0.5, 0.6) is 0 Å². The van der Waals surface area contributed by atoms with Crippen LogP contribution in [-0.2, 0) is 54.1 Å². The van der Waals surface area contributed by atoms with Crippen molar-refractivity contribution in [2.75, 3.05) is 45.1 Å². The van der Waals surface area contributed by atoms with E-state index < -0.39 is 182 Å². The van der Waals surface area contributed by atoms with Gasteiger partial charge in [-0.3, -0.25) is 38.6 Å². The molecule has 4 aromatic rings. The molecule has 43 heteroatoms. The number of nitrogen functional groups attached to an aromatic ring is 1. The third-order valence-corrected chi connectivity index (χ3v) is 18.0. The Bertz CT molecular complexity index is 3470. The number of hydrogen-bond donors (Lipinski definition) is 22. The zero-order chi connectivity index (χ0) is 72.7. The number of thiazole rings is 2. The Kier molecular flexibility index (Phi) is 27.6. The van der Waals surface area contributed by atoms with Crippen molar-refractivity contribution in [3.8, 4) is 10.7 Å². The van der Waals surface area contributed by atoms with E-state index in [0.29, 0.717) is 41.6 Å². The number of amides is 8. The number of anilines is 1. The van der Waals surface area contributed by atoms with Gasteiger partial charge in [-0.1, -0.05) is 6.92 Å². The number of imidazole rings is 1. The van der Waals surface area contributed by atoms with E-state index in [1.807, 2.05) is 0 Å². The highest BCUT2D eigenvalue weighted by Gasteiger charge is 2.55. The fourth-order valence-corrected chi connectivity index (χ4v) is 11.9. The number of hydrogen-bond acceptors (Lipinski definition) is 32. The standard InChI is InChI=1S/C56H84N20O21S2/c1-20-32(73-45(76-43(20)59)24(12-30(58)79)68-13-23(57)44(60)85)48(88)74-33(39(25-14-64-19-69-25)95-53-41(37(83)35(81)28(15-77)94-53)96-52-38(84)40(97-55(63)91)36(82)29(16-78)93-52)49(89)70-22(3)34(80)21(2)46(86)75-42(56(92)7-8-56)50(90)66-11-6-31-71-27(18-98-31)51-72-26(17-99-51)47(87)65-9-4-5-10-67-54(61)62/h14,17-19,21-24,28-29,33-42,52-53,68,77-78,80-84,92H,4-13,15-16,57H2,1-3H3,(H2,58,79)(H2,60,85)(H2,63,91)(H,64,69)(H,65,87)(H,66,90)(H,70,89)(H,74,88)(H,75,86)(H2,59,73,76)(H4,61,62,67)/t21-,22+,23-,24-,28-,29+,33-,34-,35+,36+,37-,38-,39-,40-,41-,42+,52+,53-/m0/s1. The van der Waals surface area contributed by atoms with Gasteiger partial charge >= 0.3 is 6.09 Å². The van der Waals surface area contributed by atoms with Crippen LogP contribution in [0.1, 0.15) is 101 Å². The van der Waals surface area contributed by atoms with Crippen molar-refractivity contribution >= 4 is 81.9 Å². The number of aliphatic imine (C=N–C) groups is 1. The first kappa shape index (κ1) is 78.0. The van der Waals surface area contributed by atoms with Crippen molar-refractivity contribution < 1.29 is 103 Å². The maximum Gasteiger partial charge on any atom is 0.404 e. The van der Waals surface area contributed by atoms with Crippen LogP contribution in [0.25, 0.3) is 10.7 Å². The zero-order valence-corrected chi connectivity index (χ0v) is 55.2. The molecule has 6 heterocycles. The molecule has 41 nitrogen and oxygen atoms in total. The van der Waals surface area contributed by atoms with Crippen LogP contribution in [-0.4, -0.2) is 261 Å². The second-order valence-electron chi connectivity index (χ2n) is 23.6. The molecule has 1 aliphatic carbocycles. The van der Waals surface area contributed by atoms with Gasteiger partial charge in [0.25, 0.3) is 11.8 Å². The minimum absolute atomic E-state index is 0.00935. The molecule has 0 unspecified atom stereocenters. The number of primary amides is 3. The maximum atomic E-state index is 15.2. The minimum Gasteiger partial charge on any atom is -0.441 e. The SMILES string of the molecule is Cc1c(N)nc([C@H](CC(N)=O)NC[C@H](N)C(N)=O)nc1C(=O)N[C@H](C(=O)N[C@H](C)[C@@H](O)[C@H](C)C(=O)N[C@H](C(=O)NCCc1nc(-c2nc(C(=O)NCCCCN=C(N)N)cs2)cs1)C1(O)CC1)[C@@H](O[C@@H]1O[C@@H](CO)[C@@H](O)[C@H](O)[C@@H]1O[C@H]1O[C@H](CO)[C@@H](O)[C@H](OC(N)=O)[C@@H]1O)c1cnc[nH]1. The molecule has 99 heavy (non-hydrogen) atoms. The molecule has 0 spiro atoms. The molecule has 0 aromatic carbocycles. The average Bonchev–Trinajstić information content (AvgIpc) is 1.55. The number of aliphatic hydroxyl groups excluding tert-OH is 7. The normalized spacial score (nSPS) is 24.2. The molecule has 4 aromatic heterocycles. The van der Waals surface area contributed by atoms with Crippen LogP contribution in [0.2, 0.25) is 0 Å². The smallest absolute Gasteiger partial charge is 0.404 e. The number of nitrogens with one attached hydrogen (secondary N) is 7. The zero-order valence-electron chi connectivity index (χ0n) is 53.6. The van der Waals surface area contributed by atoms with E-state index in [-0.39, 0.29) is 72.8 Å². The molecule has 0 bridgehead atoms. The van der Waals surface area contributed by atoms with Crippen molar-refractivity contribution in [2.24, 2.45) is 45.3 Å². The van der Waals surface area contributed by atoms with Gasteiger partial charge in [0.15, 0.2) is 24.6 Å². The number of unbranched alkanes of at least 4 members (excludes halogenated alkanes) is 1.